The van der Waals surface area contributed by atoms with Gasteiger partial charge < -0.3 is 9.64 Å². The Bertz CT molecular complexity index is 1020. The molecule has 1 aliphatic heterocycles. The summed E-state index contributed by atoms with van der Waals surface area (Å²) in [5.74, 6) is 2.23. The second-order valence-corrected chi connectivity index (χ2v) is 8.53. The highest BCUT2D eigenvalue weighted by Crippen LogP contribution is 2.23. The van der Waals surface area contributed by atoms with E-state index in [0.29, 0.717) is 12.3 Å². The summed E-state index contributed by atoms with van der Waals surface area (Å²) in [6.07, 6.45) is 3.86. The molecule has 1 saturated heterocycles. The fourth-order valence-electron chi connectivity index (χ4n) is 3.94. The van der Waals surface area contributed by atoms with E-state index in [1.54, 1.807) is 11.7 Å². The third-order valence-corrected chi connectivity index (χ3v) is 6.55. The number of carbonyl (C=O) groups is 1. The molecule has 1 aliphatic rings. The molecule has 3 heterocycles. The molecule has 30 heavy (non-hydrogen) atoms. The Balaban J connectivity index is 1.28. The van der Waals surface area contributed by atoms with Crippen LogP contribution < -0.4 is 10.4 Å². The van der Waals surface area contributed by atoms with Gasteiger partial charge in [0.2, 0.25) is 5.91 Å². The summed E-state index contributed by atoms with van der Waals surface area (Å²) >= 11 is 1.52. The minimum absolute atomic E-state index is 0.196. The first-order valence-electron chi connectivity index (χ1n) is 10.2. The minimum Gasteiger partial charge on any atom is -0.497 e. The van der Waals surface area contributed by atoms with E-state index in [1.165, 1.54) is 11.3 Å². The van der Waals surface area contributed by atoms with Gasteiger partial charge in [-0.05, 0) is 60.4 Å². The molecule has 0 saturated carbocycles. The van der Waals surface area contributed by atoms with E-state index in [1.807, 2.05) is 46.7 Å². The van der Waals surface area contributed by atoms with Gasteiger partial charge in [-0.3, -0.25) is 4.79 Å². The maximum absolute atomic E-state index is 12.6. The molecule has 1 amide bonds. The molecule has 0 unspecified atom stereocenters. The van der Waals surface area contributed by atoms with Crippen molar-refractivity contribution in [3.8, 4) is 10.8 Å². The number of piperidine rings is 1. The summed E-state index contributed by atoms with van der Waals surface area (Å²) < 4.78 is 6.84. The Morgan fingerprint density at radius 2 is 2.00 bits per heavy atom. The molecule has 0 bridgehead atoms. The summed E-state index contributed by atoms with van der Waals surface area (Å²) in [5.41, 5.74) is 0.947. The normalized spacial score (nSPS) is 14.8. The Labute approximate surface area is 179 Å². The summed E-state index contributed by atoms with van der Waals surface area (Å²) in [4.78, 5) is 26.7. The number of thiophene rings is 1. The van der Waals surface area contributed by atoms with Crippen molar-refractivity contribution in [2.45, 2.75) is 32.1 Å². The standard InChI is InChI=1S/C22H26N4O3S/c1-29-18-7-4-16(5-8-18)6-9-20(27)25-12-10-17(11-13-25)15-19-23-24-22(28)26(19)21-3-2-14-30-21/h2-5,7-8,14,17H,6,9-13,15H2,1H3,(H,24,28). The predicted octanol–water partition coefficient (Wildman–Crippen LogP) is 3.04. The van der Waals surface area contributed by atoms with Crippen LogP contribution >= 0.6 is 11.3 Å². The number of carbonyl (C=O) groups excluding carboxylic acids is 1. The van der Waals surface area contributed by atoms with Crippen LogP contribution in [0.2, 0.25) is 0 Å². The lowest BCUT2D eigenvalue weighted by molar-refractivity contribution is -0.132. The van der Waals surface area contributed by atoms with E-state index in [0.717, 1.165) is 60.9 Å². The van der Waals surface area contributed by atoms with Crippen LogP contribution in [0.1, 0.15) is 30.7 Å². The highest BCUT2D eigenvalue weighted by Gasteiger charge is 2.25. The highest BCUT2D eigenvalue weighted by atomic mass is 32.1. The van der Waals surface area contributed by atoms with Crippen molar-refractivity contribution < 1.29 is 9.53 Å². The van der Waals surface area contributed by atoms with Gasteiger partial charge in [0.25, 0.3) is 0 Å². The molecule has 1 aromatic carbocycles. The third kappa shape index (κ3) is 4.64. The van der Waals surface area contributed by atoms with Gasteiger partial charge in [0.15, 0.2) is 0 Å². The van der Waals surface area contributed by atoms with Gasteiger partial charge in [0, 0.05) is 25.9 Å². The second-order valence-electron chi connectivity index (χ2n) is 7.61. The third-order valence-electron chi connectivity index (χ3n) is 5.69. The predicted molar refractivity (Wildman–Crippen MR) is 116 cm³/mol. The Morgan fingerprint density at radius 3 is 2.67 bits per heavy atom. The van der Waals surface area contributed by atoms with E-state index in [2.05, 4.69) is 10.2 Å². The molecule has 0 aliphatic carbocycles. The van der Waals surface area contributed by atoms with Gasteiger partial charge in [-0.15, -0.1) is 11.3 Å². The molecular weight excluding hydrogens is 400 g/mol. The number of likely N-dealkylation sites (tertiary alicyclic amines) is 1. The zero-order valence-corrected chi connectivity index (χ0v) is 17.9. The molecule has 2 aromatic heterocycles. The fraction of sp³-hybridized carbons (Fsp3) is 0.409. The quantitative estimate of drug-likeness (QED) is 0.630. The van der Waals surface area contributed by atoms with Crippen molar-refractivity contribution in [2.24, 2.45) is 5.92 Å². The molecule has 8 heteroatoms. The van der Waals surface area contributed by atoms with Crippen molar-refractivity contribution in [1.82, 2.24) is 19.7 Å². The lowest BCUT2D eigenvalue weighted by Gasteiger charge is -2.32. The summed E-state index contributed by atoms with van der Waals surface area (Å²) in [7, 11) is 1.65. The van der Waals surface area contributed by atoms with Gasteiger partial charge in [0.05, 0.1) is 7.11 Å². The number of H-pyrrole nitrogens is 1. The molecule has 0 radical (unpaired) electrons. The second kappa shape index (κ2) is 9.30. The first-order chi connectivity index (χ1) is 14.6. The average Bonchev–Trinajstić information content (AvgIpc) is 3.42. The number of aromatic nitrogens is 3. The maximum Gasteiger partial charge on any atom is 0.348 e. The number of aromatic amines is 1. The number of rotatable bonds is 7. The fourth-order valence-corrected chi connectivity index (χ4v) is 4.68. The van der Waals surface area contributed by atoms with Crippen molar-refractivity contribution >= 4 is 17.2 Å². The van der Waals surface area contributed by atoms with E-state index >= 15 is 0 Å². The summed E-state index contributed by atoms with van der Waals surface area (Å²) in [6.45, 7) is 1.53. The lowest BCUT2D eigenvalue weighted by atomic mass is 9.93. The monoisotopic (exact) mass is 426 g/mol. The number of aryl methyl sites for hydroxylation is 1. The Hall–Kier alpha value is -2.87. The zero-order valence-electron chi connectivity index (χ0n) is 17.0. The van der Waals surface area contributed by atoms with Crippen LogP contribution in [0.5, 0.6) is 5.75 Å². The largest absolute Gasteiger partial charge is 0.497 e. The van der Waals surface area contributed by atoms with Gasteiger partial charge in [-0.2, -0.15) is 5.10 Å². The van der Waals surface area contributed by atoms with Crippen molar-refractivity contribution in [3.05, 3.63) is 63.7 Å². The van der Waals surface area contributed by atoms with Crippen LogP contribution in [0, 0.1) is 5.92 Å². The highest BCUT2D eigenvalue weighted by molar-refractivity contribution is 7.12. The molecule has 0 atom stereocenters. The number of nitrogens with one attached hydrogen (secondary N) is 1. The molecule has 158 valence electrons. The number of ether oxygens (including phenoxy) is 1. The first-order valence-corrected chi connectivity index (χ1v) is 11.1. The summed E-state index contributed by atoms with van der Waals surface area (Å²) in [5, 5.41) is 9.65. The molecule has 7 nitrogen and oxygen atoms in total. The van der Waals surface area contributed by atoms with Crippen LogP contribution in [0.3, 0.4) is 0 Å². The first kappa shape index (κ1) is 20.4. The van der Waals surface area contributed by atoms with Gasteiger partial charge in [-0.1, -0.05) is 12.1 Å². The number of benzene rings is 1. The van der Waals surface area contributed by atoms with E-state index in [-0.39, 0.29) is 11.6 Å². The minimum atomic E-state index is -0.196. The number of hydrogen-bond donors (Lipinski definition) is 1. The van der Waals surface area contributed by atoms with Crippen molar-refractivity contribution in [2.75, 3.05) is 20.2 Å². The summed E-state index contributed by atoms with van der Waals surface area (Å²) in [6, 6.07) is 11.7. The Morgan fingerprint density at radius 1 is 1.23 bits per heavy atom. The van der Waals surface area contributed by atoms with Crippen LogP contribution in [0.15, 0.2) is 46.6 Å². The smallest absolute Gasteiger partial charge is 0.348 e. The molecule has 4 rings (SSSR count). The lowest BCUT2D eigenvalue weighted by Crippen LogP contribution is -2.39. The molecule has 3 aromatic rings. The van der Waals surface area contributed by atoms with E-state index in [4.69, 9.17) is 4.74 Å². The van der Waals surface area contributed by atoms with Crippen LogP contribution in [0.4, 0.5) is 0 Å². The number of nitrogens with zero attached hydrogens (tertiary/aromatic N) is 3. The maximum atomic E-state index is 12.6. The number of methoxy groups -OCH3 is 1. The zero-order chi connectivity index (χ0) is 20.9. The van der Waals surface area contributed by atoms with Gasteiger partial charge in [-0.25, -0.2) is 14.5 Å². The number of amides is 1. The van der Waals surface area contributed by atoms with Crippen LogP contribution in [0.25, 0.3) is 5.00 Å². The Kier molecular flexibility index (Phi) is 6.32. The number of hydrogen-bond acceptors (Lipinski definition) is 5. The SMILES string of the molecule is COc1ccc(CCC(=O)N2CCC(Cc3n[nH]c(=O)n3-c3cccs3)CC2)cc1. The molecular formula is C22H26N4O3S. The van der Waals surface area contributed by atoms with Crippen LogP contribution in [-0.4, -0.2) is 45.8 Å². The molecule has 0 spiro atoms. The average molecular weight is 427 g/mol. The van der Waals surface area contributed by atoms with E-state index < -0.39 is 0 Å². The van der Waals surface area contributed by atoms with Crippen molar-refractivity contribution in [3.63, 3.8) is 0 Å². The molecule has 1 N–H and O–H groups in total. The van der Waals surface area contributed by atoms with Crippen LogP contribution in [-0.2, 0) is 17.6 Å². The topological polar surface area (TPSA) is 80.2 Å². The van der Waals surface area contributed by atoms with Crippen molar-refractivity contribution in [1.29, 1.82) is 0 Å². The molecule has 1 fully saturated rings. The van der Waals surface area contributed by atoms with Gasteiger partial charge >= 0.3 is 5.69 Å². The van der Waals surface area contributed by atoms with E-state index in [9.17, 15) is 9.59 Å². The van der Waals surface area contributed by atoms with Gasteiger partial charge in [0.1, 0.15) is 16.6 Å².